The van der Waals surface area contributed by atoms with Crippen molar-refractivity contribution in [1.82, 2.24) is 0 Å². The Morgan fingerprint density at radius 3 is 2.56 bits per heavy atom. The molecule has 0 bridgehead atoms. The molecule has 25 heavy (non-hydrogen) atoms. The van der Waals surface area contributed by atoms with Crippen molar-refractivity contribution in [2.75, 3.05) is 11.9 Å². The molecule has 7 nitrogen and oxygen atoms in total. The number of halogens is 3. The average Bonchev–Trinajstić information content (AvgIpc) is 2.54. The van der Waals surface area contributed by atoms with Gasteiger partial charge in [0.15, 0.2) is 6.61 Å². The molecule has 10 heteroatoms. The van der Waals surface area contributed by atoms with E-state index in [2.05, 4.69) is 10.1 Å². The van der Waals surface area contributed by atoms with Gasteiger partial charge in [0.2, 0.25) is 0 Å². The summed E-state index contributed by atoms with van der Waals surface area (Å²) in [6.07, 6.45) is 0. The summed E-state index contributed by atoms with van der Waals surface area (Å²) >= 11 is 11.5. The van der Waals surface area contributed by atoms with Gasteiger partial charge in [-0.05, 0) is 18.2 Å². The minimum absolute atomic E-state index is 0.0270. The highest BCUT2D eigenvalue weighted by Crippen LogP contribution is 2.26. The van der Waals surface area contributed by atoms with Crippen LogP contribution in [-0.4, -0.2) is 23.4 Å². The Labute approximate surface area is 150 Å². The van der Waals surface area contributed by atoms with Gasteiger partial charge in [-0.2, -0.15) is 0 Å². The first-order valence-corrected chi connectivity index (χ1v) is 7.40. The fourth-order valence-corrected chi connectivity index (χ4v) is 2.21. The van der Waals surface area contributed by atoms with Crippen molar-refractivity contribution in [3.8, 4) is 0 Å². The summed E-state index contributed by atoms with van der Waals surface area (Å²) in [5.74, 6) is -2.83. The molecule has 2 aromatic rings. The summed E-state index contributed by atoms with van der Waals surface area (Å²) in [6, 6.07) is 7.08. The van der Waals surface area contributed by atoms with E-state index < -0.39 is 34.8 Å². The fourth-order valence-electron chi connectivity index (χ4n) is 1.80. The topological polar surface area (TPSA) is 98.5 Å². The van der Waals surface area contributed by atoms with Gasteiger partial charge in [0, 0.05) is 12.1 Å². The SMILES string of the molecule is O=C(COC(=O)c1c(F)cccc1Cl)Nc1cc([N+](=O)[O-])ccc1Cl. The minimum atomic E-state index is -1.12. The molecule has 0 aliphatic heterocycles. The number of carbonyl (C=O) groups excluding carboxylic acids is 2. The number of rotatable bonds is 5. The van der Waals surface area contributed by atoms with Gasteiger partial charge in [0.05, 0.1) is 20.7 Å². The van der Waals surface area contributed by atoms with Crippen LogP contribution in [0.4, 0.5) is 15.8 Å². The normalized spacial score (nSPS) is 10.2. The molecule has 0 radical (unpaired) electrons. The lowest BCUT2D eigenvalue weighted by atomic mass is 10.2. The Bertz CT molecular complexity index is 840. The van der Waals surface area contributed by atoms with E-state index in [0.717, 1.165) is 18.2 Å². The number of esters is 1. The Hall–Kier alpha value is -2.71. The Morgan fingerprint density at radius 1 is 1.20 bits per heavy atom. The van der Waals surface area contributed by atoms with Crippen LogP contribution in [0.3, 0.4) is 0 Å². The maximum Gasteiger partial charge on any atom is 0.343 e. The summed E-state index contributed by atoms with van der Waals surface area (Å²) in [7, 11) is 0. The van der Waals surface area contributed by atoms with E-state index in [-0.39, 0.29) is 21.4 Å². The zero-order valence-electron chi connectivity index (χ0n) is 12.3. The molecule has 0 fully saturated rings. The van der Waals surface area contributed by atoms with Crippen LogP contribution in [-0.2, 0) is 9.53 Å². The monoisotopic (exact) mass is 386 g/mol. The zero-order chi connectivity index (χ0) is 18.6. The fraction of sp³-hybridized carbons (Fsp3) is 0.0667. The molecular weight excluding hydrogens is 378 g/mol. The van der Waals surface area contributed by atoms with Crippen LogP contribution in [0.5, 0.6) is 0 Å². The van der Waals surface area contributed by atoms with E-state index in [1.807, 2.05) is 0 Å². The van der Waals surface area contributed by atoms with Gasteiger partial charge >= 0.3 is 5.97 Å². The second kappa shape index (κ2) is 7.91. The second-order valence-corrected chi connectivity index (χ2v) is 5.46. The number of ether oxygens (including phenoxy) is 1. The highest BCUT2D eigenvalue weighted by atomic mass is 35.5. The largest absolute Gasteiger partial charge is 0.452 e. The number of amides is 1. The lowest BCUT2D eigenvalue weighted by Crippen LogP contribution is -2.21. The summed E-state index contributed by atoms with van der Waals surface area (Å²) in [6.45, 7) is -0.761. The number of nitro benzene ring substituents is 1. The predicted molar refractivity (Wildman–Crippen MR) is 88.4 cm³/mol. The average molecular weight is 387 g/mol. The first kappa shape index (κ1) is 18.6. The number of anilines is 1. The maximum absolute atomic E-state index is 13.6. The summed E-state index contributed by atoms with van der Waals surface area (Å²) in [5.41, 5.74) is -0.805. The summed E-state index contributed by atoms with van der Waals surface area (Å²) in [5, 5.41) is 12.9. The van der Waals surface area contributed by atoms with Crippen molar-refractivity contribution in [1.29, 1.82) is 0 Å². The van der Waals surface area contributed by atoms with Crippen LogP contribution in [0.15, 0.2) is 36.4 Å². The number of hydrogen-bond acceptors (Lipinski definition) is 5. The number of nitro groups is 1. The van der Waals surface area contributed by atoms with Crippen LogP contribution >= 0.6 is 23.2 Å². The molecule has 0 aliphatic rings. The van der Waals surface area contributed by atoms with E-state index in [1.165, 1.54) is 18.2 Å². The third kappa shape index (κ3) is 4.65. The molecule has 0 saturated carbocycles. The molecule has 0 heterocycles. The van der Waals surface area contributed by atoms with Gasteiger partial charge in [-0.3, -0.25) is 14.9 Å². The molecule has 2 aromatic carbocycles. The van der Waals surface area contributed by atoms with Crippen molar-refractivity contribution in [3.63, 3.8) is 0 Å². The van der Waals surface area contributed by atoms with Crippen LogP contribution in [0, 0.1) is 15.9 Å². The minimum Gasteiger partial charge on any atom is -0.452 e. The highest BCUT2D eigenvalue weighted by Gasteiger charge is 2.19. The zero-order valence-corrected chi connectivity index (χ0v) is 13.8. The number of non-ortho nitro benzene ring substituents is 1. The smallest absolute Gasteiger partial charge is 0.343 e. The Balaban J connectivity index is 2.03. The lowest BCUT2D eigenvalue weighted by Gasteiger charge is -2.09. The highest BCUT2D eigenvalue weighted by molar-refractivity contribution is 6.34. The summed E-state index contributed by atoms with van der Waals surface area (Å²) in [4.78, 5) is 33.7. The van der Waals surface area contributed by atoms with Gasteiger partial charge in [0.25, 0.3) is 11.6 Å². The van der Waals surface area contributed by atoms with E-state index in [4.69, 9.17) is 23.2 Å². The third-order valence-corrected chi connectivity index (χ3v) is 3.58. The maximum atomic E-state index is 13.6. The standard InChI is InChI=1S/C15H9Cl2FN2O5/c16-9-5-4-8(20(23)24)6-12(9)19-13(21)7-25-15(22)14-10(17)2-1-3-11(14)18/h1-6H,7H2,(H,19,21). The Morgan fingerprint density at radius 2 is 1.92 bits per heavy atom. The van der Waals surface area contributed by atoms with Crippen LogP contribution in [0.2, 0.25) is 10.0 Å². The molecule has 0 atom stereocenters. The number of hydrogen-bond donors (Lipinski definition) is 1. The van der Waals surface area contributed by atoms with Crippen LogP contribution in [0.25, 0.3) is 0 Å². The van der Waals surface area contributed by atoms with E-state index in [0.29, 0.717) is 0 Å². The quantitative estimate of drug-likeness (QED) is 0.478. The van der Waals surface area contributed by atoms with Gasteiger partial charge in [-0.25, -0.2) is 9.18 Å². The second-order valence-electron chi connectivity index (χ2n) is 4.64. The lowest BCUT2D eigenvalue weighted by molar-refractivity contribution is -0.384. The molecule has 1 amide bonds. The molecule has 2 rings (SSSR count). The molecule has 0 spiro atoms. The molecule has 1 N–H and O–H groups in total. The van der Waals surface area contributed by atoms with Crippen molar-refractivity contribution in [3.05, 3.63) is 67.9 Å². The molecular formula is C15H9Cl2FN2O5. The predicted octanol–water partition coefficient (Wildman–Crippen LogP) is 3.84. The molecule has 0 saturated heterocycles. The first-order chi connectivity index (χ1) is 11.8. The molecule has 0 unspecified atom stereocenters. The van der Waals surface area contributed by atoms with E-state index in [9.17, 15) is 24.1 Å². The van der Waals surface area contributed by atoms with Gasteiger partial charge < -0.3 is 10.1 Å². The van der Waals surface area contributed by atoms with Crippen LogP contribution < -0.4 is 5.32 Å². The molecule has 0 aliphatic carbocycles. The molecule has 130 valence electrons. The van der Waals surface area contributed by atoms with Crippen LogP contribution in [0.1, 0.15) is 10.4 Å². The van der Waals surface area contributed by atoms with E-state index in [1.54, 1.807) is 0 Å². The van der Waals surface area contributed by atoms with Gasteiger partial charge in [-0.15, -0.1) is 0 Å². The van der Waals surface area contributed by atoms with E-state index >= 15 is 0 Å². The molecule has 0 aromatic heterocycles. The summed E-state index contributed by atoms with van der Waals surface area (Å²) < 4.78 is 18.3. The van der Waals surface area contributed by atoms with Crippen molar-refractivity contribution < 1.29 is 23.6 Å². The first-order valence-electron chi connectivity index (χ1n) is 6.64. The number of carbonyl (C=O) groups is 2. The number of nitrogens with one attached hydrogen (secondary N) is 1. The van der Waals surface area contributed by atoms with Gasteiger partial charge in [0.1, 0.15) is 11.4 Å². The van der Waals surface area contributed by atoms with Gasteiger partial charge in [-0.1, -0.05) is 29.3 Å². The third-order valence-electron chi connectivity index (χ3n) is 2.94. The van der Waals surface area contributed by atoms with Crippen molar-refractivity contribution in [2.45, 2.75) is 0 Å². The number of nitrogens with zero attached hydrogens (tertiary/aromatic N) is 1. The number of benzene rings is 2. The van der Waals surface area contributed by atoms with Crippen molar-refractivity contribution in [2.24, 2.45) is 0 Å². The Kier molecular flexibility index (Phi) is 5.89. The van der Waals surface area contributed by atoms with Crippen molar-refractivity contribution >= 4 is 46.5 Å².